The Bertz CT molecular complexity index is 1080. The molecule has 2 aromatic rings. The topological polar surface area (TPSA) is 67.9 Å². The molecule has 0 atom stereocenters. The van der Waals surface area contributed by atoms with Gasteiger partial charge in [-0.25, -0.2) is 4.79 Å². The number of halogens is 2. The van der Waals surface area contributed by atoms with Crippen LogP contribution in [0.25, 0.3) is 0 Å². The van der Waals surface area contributed by atoms with E-state index in [1.807, 2.05) is 30.3 Å². The Morgan fingerprint density at radius 3 is 2.39 bits per heavy atom. The first-order chi connectivity index (χ1) is 17.4. The molecule has 1 amide bonds. The number of nitrogens with zero attached hydrogens (tertiary/aromatic N) is 1. The quantitative estimate of drug-likeness (QED) is 0.183. The fourth-order valence-electron chi connectivity index (χ4n) is 3.66. The molecule has 0 spiro atoms. The molecule has 1 aliphatic heterocycles. The van der Waals surface area contributed by atoms with E-state index in [9.17, 15) is 9.59 Å². The summed E-state index contributed by atoms with van der Waals surface area (Å²) in [6.45, 7) is 2.17. The molecular formula is C28H32Cl2N2O4. The summed E-state index contributed by atoms with van der Waals surface area (Å²) >= 11 is 12.0. The smallest absolute Gasteiger partial charge is 0.345 e. The van der Waals surface area contributed by atoms with Crippen molar-refractivity contribution in [2.45, 2.75) is 38.5 Å². The Labute approximate surface area is 222 Å². The summed E-state index contributed by atoms with van der Waals surface area (Å²) in [5.41, 5.74) is 0.929. The van der Waals surface area contributed by atoms with E-state index in [2.05, 4.69) is 5.32 Å². The standard InChI is InChI=1S/C28H32Cl2N2O4/c1-32-17-8-9-21(20-32)27(33)31-16-6-4-2-3-5-7-18-35-23-11-13-24(14-12-23)36-28(34)25-19-22(29)10-15-26(25)30/h8-15,19-20H,2-7,16-18H2,1H3,(H,31,33). The maximum Gasteiger partial charge on any atom is 0.345 e. The van der Waals surface area contributed by atoms with E-state index in [-0.39, 0.29) is 16.5 Å². The molecule has 3 rings (SSSR count). The average Bonchev–Trinajstić information content (AvgIpc) is 2.87. The van der Waals surface area contributed by atoms with Crippen LogP contribution in [0.15, 0.2) is 66.4 Å². The molecule has 0 saturated carbocycles. The predicted octanol–water partition coefficient (Wildman–Crippen LogP) is 6.43. The lowest BCUT2D eigenvalue weighted by Crippen LogP contribution is -2.28. The monoisotopic (exact) mass is 530 g/mol. The highest BCUT2D eigenvalue weighted by Crippen LogP contribution is 2.24. The molecule has 192 valence electrons. The highest BCUT2D eigenvalue weighted by atomic mass is 35.5. The SMILES string of the molecule is CN1C=C(C(=O)NCCCCCCCCOc2ccc(OC(=O)c3cc(Cl)ccc3Cl)cc2)C=CC1. The minimum atomic E-state index is -0.565. The second-order valence-electron chi connectivity index (χ2n) is 8.64. The molecule has 1 aliphatic rings. The molecule has 0 aromatic heterocycles. The molecule has 1 N–H and O–H groups in total. The van der Waals surface area contributed by atoms with Crippen LogP contribution in [0.5, 0.6) is 11.5 Å². The average molecular weight is 531 g/mol. The second kappa shape index (κ2) is 14.6. The van der Waals surface area contributed by atoms with E-state index >= 15 is 0 Å². The van der Waals surface area contributed by atoms with Gasteiger partial charge < -0.3 is 19.7 Å². The van der Waals surface area contributed by atoms with Gasteiger partial charge in [-0.3, -0.25) is 4.79 Å². The van der Waals surface area contributed by atoms with Crippen LogP contribution in [0.3, 0.4) is 0 Å². The number of unbranched alkanes of at least 4 members (excludes halogenated alkanes) is 5. The Morgan fingerprint density at radius 1 is 0.944 bits per heavy atom. The van der Waals surface area contributed by atoms with E-state index in [1.165, 1.54) is 6.07 Å². The zero-order valence-corrected chi connectivity index (χ0v) is 22.0. The van der Waals surface area contributed by atoms with Crippen LogP contribution in [0, 0.1) is 0 Å². The van der Waals surface area contributed by atoms with Crippen LogP contribution in [0.2, 0.25) is 10.0 Å². The summed E-state index contributed by atoms with van der Waals surface area (Å²) in [4.78, 5) is 26.4. The summed E-state index contributed by atoms with van der Waals surface area (Å²) in [6.07, 6.45) is 12.1. The second-order valence-corrected chi connectivity index (χ2v) is 9.48. The van der Waals surface area contributed by atoms with Crippen molar-refractivity contribution in [1.29, 1.82) is 0 Å². The number of carbonyl (C=O) groups excluding carboxylic acids is 2. The van der Waals surface area contributed by atoms with Crippen molar-refractivity contribution in [3.8, 4) is 11.5 Å². The number of hydrogen-bond acceptors (Lipinski definition) is 5. The summed E-state index contributed by atoms with van der Waals surface area (Å²) < 4.78 is 11.2. The first-order valence-corrected chi connectivity index (χ1v) is 12.9. The fraction of sp³-hybridized carbons (Fsp3) is 0.357. The summed E-state index contributed by atoms with van der Waals surface area (Å²) in [5.74, 6) is 0.552. The van der Waals surface area contributed by atoms with Gasteiger partial charge in [0.25, 0.3) is 5.91 Å². The van der Waals surface area contributed by atoms with Crippen molar-refractivity contribution < 1.29 is 19.1 Å². The van der Waals surface area contributed by atoms with Gasteiger partial charge in [0.05, 0.1) is 22.8 Å². The van der Waals surface area contributed by atoms with Gasteiger partial charge in [0, 0.05) is 31.4 Å². The normalized spacial score (nSPS) is 12.8. The number of rotatable bonds is 13. The van der Waals surface area contributed by atoms with Crippen molar-refractivity contribution in [2.24, 2.45) is 0 Å². The Hall–Kier alpha value is -2.96. The number of ether oxygens (including phenoxy) is 2. The molecule has 0 saturated heterocycles. The molecule has 1 heterocycles. The Morgan fingerprint density at radius 2 is 1.64 bits per heavy atom. The fourth-order valence-corrected chi connectivity index (χ4v) is 4.03. The van der Waals surface area contributed by atoms with Crippen molar-refractivity contribution >= 4 is 35.1 Å². The maximum absolute atomic E-state index is 12.3. The number of likely N-dealkylation sites (N-methyl/N-ethyl adjacent to an activating group) is 1. The van der Waals surface area contributed by atoms with Gasteiger partial charge >= 0.3 is 5.97 Å². The molecule has 0 bridgehead atoms. The number of esters is 1. The molecule has 0 aliphatic carbocycles. The third kappa shape index (κ3) is 9.25. The lowest BCUT2D eigenvalue weighted by atomic mass is 10.1. The first kappa shape index (κ1) is 27.6. The highest BCUT2D eigenvalue weighted by molar-refractivity contribution is 6.35. The van der Waals surface area contributed by atoms with Crippen LogP contribution in [0.1, 0.15) is 48.9 Å². The van der Waals surface area contributed by atoms with E-state index in [0.717, 1.165) is 50.8 Å². The summed E-state index contributed by atoms with van der Waals surface area (Å²) in [7, 11) is 1.96. The highest BCUT2D eigenvalue weighted by Gasteiger charge is 2.14. The Kier molecular flexibility index (Phi) is 11.2. The number of hydrogen-bond donors (Lipinski definition) is 1. The molecule has 36 heavy (non-hydrogen) atoms. The zero-order valence-electron chi connectivity index (χ0n) is 20.5. The summed E-state index contributed by atoms with van der Waals surface area (Å²) in [5, 5.41) is 3.69. The van der Waals surface area contributed by atoms with Gasteiger partial charge in [-0.05, 0) is 55.3 Å². The molecule has 2 aromatic carbocycles. The Balaban J connectivity index is 1.22. The van der Waals surface area contributed by atoms with Crippen LogP contribution >= 0.6 is 23.2 Å². The lowest BCUT2D eigenvalue weighted by Gasteiger charge is -2.17. The van der Waals surface area contributed by atoms with Crippen molar-refractivity contribution in [3.05, 3.63) is 82.0 Å². The van der Waals surface area contributed by atoms with Crippen LogP contribution in [0.4, 0.5) is 0 Å². The first-order valence-electron chi connectivity index (χ1n) is 12.2. The van der Waals surface area contributed by atoms with Crippen molar-refractivity contribution in [1.82, 2.24) is 10.2 Å². The minimum absolute atomic E-state index is 0.00773. The maximum atomic E-state index is 12.3. The van der Waals surface area contributed by atoms with Gasteiger partial charge in [-0.15, -0.1) is 0 Å². The van der Waals surface area contributed by atoms with Crippen molar-refractivity contribution in [2.75, 3.05) is 26.7 Å². The number of nitrogens with one attached hydrogen (secondary N) is 1. The third-order valence-electron chi connectivity index (χ3n) is 5.62. The molecular weight excluding hydrogens is 499 g/mol. The molecule has 8 heteroatoms. The number of carbonyl (C=O) groups is 2. The zero-order chi connectivity index (χ0) is 25.8. The minimum Gasteiger partial charge on any atom is -0.494 e. The summed E-state index contributed by atoms with van der Waals surface area (Å²) in [6, 6.07) is 11.6. The largest absolute Gasteiger partial charge is 0.494 e. The van der Waals surface area contributed by atoms with E-state index < -0.39 is 5.97 Å². The van der Waals surface area contributed by atoms with Crippen molar-refractivity contribution in [3.63, 3.8) is 0 Å². The molecule has 0 fully saturated rings. The van der Waals surface area contributed by atoms with Crippen LogP contribution in [-0.2, 0) is 4.79 Å². The van der Waals surface area contributed by atoms with Crippen LogP contribution < -0.4 is 14.8 Å². The van der Waals surface area contributed by atoms with Gasteiger partial charge in [-0.1, -0.05) is 61.0 Å². The van der Waals surface area contributed by atoms with E-state index in [4.69, 9.17) is 32.7 Å². The van der Waals surface area contributed by atoms with Crippen LogP contribution in [-0.4, -0.2) is 43.5 Å². The van der Waals surface area contributed by atoms with Gasteiger partial charge in [0.15, 0.2) is 0 Å². The molecule has 0 unspecified atom stereocenters. The van der Waals surface area contributed by atoms with E-state index in [0.29, 0.717) is 29.5 Å². The van der Waals surface area contributed by atoms with E-state index in [1.54, 1.807) is 36.4 Å². The lowest BCUT2D eigenvalue weighted by molar-refractivity contribution is -0.117. The number of amides is 1. The van der Waals surface area contributed by atoms with Gasteiger partial charge in [0.2, 0.25) is 0 Å². The number of benzene rings is 2. The van der Waals surface area contributed by atoms with Gasteiger partial charge in [0.1, 0.15) is 11.5 Å². The predicted molar refractivity (Wildman–Crippen MR) is 144 cm³/mol. The third-order valence-corrected chi connectivity index (χ3v) is 6.19. The van der Waals surface area contributed by atoms with Gasteiger partial charge in [-0.2, -0.15) is 0 Å². The molecule has 0 radical (unpaired) electrons. The molecule has 6 nitrogen and oxygen atoms in total.